The molecule has 0 unspecified atom stereocenters. The van der Waals surface area contributed by atoms with Gasteiger partial charge in [-0.05, 0) is 24.6 Å². The van der Waals surface area contributed by atoms with Crippen LogP contribution in [-0.4, -0.2) is 23.0 Å². The Balaban J connectivity index is 2.75. The quantitative estimate of drug-likeness (QED) is 0.686. The Morgan fingerprint density at radius 2 is 2.21 bits per heavy atom. The van der Waals surface area contributed by atoms with E-state index in [0.29, 0.717) is 5.65 Å². The average Bonchev–Trinajstić information content (AvgIpc) is 2.45. The van der Waals surface area contributed by atoms with Crippen molar-refractivity contribution in [3.05, 3.63) is 23.9 Å². The van der Waals surface area contributed by atoms with Crippen molar-refractivity contribution in [3.8, 4) is 0 Å². The number of aromatic nitrogens is 3. The maximum atomic E-state index is 10.9. The predicted octanol–water partition coefficient (Wildman–Crippen LogP) is 0.965. The van der Waals surface area contributed by atoms with Gasteiger partial charge in [-0.3, -0.25) is 0 Å². The lowest BCUT2D eigenvalue weighted by Crippen LogP contribution is -1.93. The minimum atomic E-state index is -3.85. The summed E-state index contributed by atoms with van der Waals surface area (Å²) in [6, 6.07) is 3.52. The molecule has 0 N–H and O–H groups in total. The Bertz CT molecular complexity index is 590. The van der Waals surface area contributed by atoms with E-state index in [0.717, 1.165) is 5.56 Å². The van der Waals surface area contributed by atoms with E-state index in [1.807, 2.05) is 6.92 Å². The molecule has 7 heteroatoms. The van der Waals surface area contributed by atoms with E-state index in [1.54, 1.807) is 18.3 Å². The highest BCUT2D eigenvalue weighted by molar-refractivity contribution is 8.13. The van der Waals surface area contributed by atoms with Crippen LogP contribution in [0, 0.1) is 6.92 Å². The Kier molecular flexibility index (Phi) is 1.97. The Hall–Kier alpha value is -1.14. The molecular weight excluding hydrogens is 226 g/mol. The van der Waals surface area contributed by atoms with Gasteiger partial charge >= 0.3 is 0 Å². The van der Waals surface area contributed by atoms with Crippen LogP contribution < -0.4 is 0 Å². The molecule has 0 atom stereocenters. The van der Waals surface area contributed by atoms with Gasteiger partial charge in [-0.15, -0.1) is 5.10 Å². The van der Waals surface area contributed by atoms with Crippen molar-refractivity contribution in [2.24, 2.45) is 0 Å². The van der Waals surface area contributed by atoms with E-state index < -0.39 is 9.05 Å². The minimum absolute atomic E-state index is 0.371. The standard InChI is InChI=1S/C7H6ClN3O2S/c1-5-2-3-11-6(4-5)9-7(10-11)14(8,12)13/h2-4H,1H3. The molecule has 0 aliphatic heterocycles. The minimum Gasteiger partial charge on any atom is -0.220 e. The number of pyridine rings is 1. The Morgan fingerprint density at radius 3 is 2.86 bits per heavy atom. The van der Waals surface area contributed by atoms with Gasteiger partial charge in [0.05, 0.1) is 0 Å². The van der Waals surface area contributed by atoms with E-state index >= 15 is 0 Å². The Morgan fingerprint density at radius 1 is 1.50 bits per heavy atom. The molecule has 0 spiro atoms. The van der Waals surface area contributed by atoms with E-state index in [9.17, 15) is 8.42 Å². The van der Waals surface area contributed by atoms with Crippen molar-refractivity contribution in [1.29, 1.82) is 0 Å². The molecule has 0 amide bonds. The molecule has 2 rings (SSSR count). The SMILES string of the molecule is Cc1ccn2nc(S(=O)(=O)Cl)nc2c1. The zero-order valence-electron chi connectivity index (χ0n) is 7.18. The smallest absolute Gasteiger partial charge is 0.220 e. The summed E-state index contributed by atoms with van der Waals surface area (Å²) >= 11 is 0. The van der Waals surface area contributed by atoms with Gasteiger partial charge in [0.15, 0.2) is 5.65 Å². The molecule has 14 heavy (non-hydrogen) atoms. The molecule has 0 radical (unpaired) electrons. The van der Waals surface area contributed by atoms with Gasteiger partial charge in [0.2, 0.25) is 0 Å². The van der Waals surface area contributed by atoms with Crippen molar-refractivity contribution in [1.82, 2.24) is 14.6 Å². The largest absolute Gasteiger partial charge is 0.298 e. The van der Waals surface area contributed by atoms with Gasteiger partial charge in [0, 0.05) is 16.9 Å². The van der Waals surface area contributed by atoms with Crippen LogP contribution >= 0.6 is 10.7 Å². The third-order valence-corrected chi connectivity index (χ3v) is 2.71. The fourth-order valence-corrected chi connectivity index (χ4v) is 1.65. The van der Waals surface area contributed by atoms with Crippen LogP contribution in [0.4, 0.5) is 0 Å². The topological polar surface area (TPSA) is 64.3 Å². The zero-order valence-corrected chi connectivity index (χ0v) is 8.75. The summed E-state index contributed by atoms with van der Waals surface area (Å²) in [5.74, 6) is 0. The lowest BCUT2D eigenvalue weighted by atomic mass is 10.3. The summed E-state index contributed by atoms with van der Waals surface area (Å²) in [6.45, 7) is 1.88. The highest BCUT2D eigenvalue weighted by Crippen LogP contribution is 2.11. The van der Waals surface area contributed by atoms with Gasteiger partial charge in [0.1, 0.15) is 0 Å². The van der Waals surface area contributed by atoms with Gasteiger partial charge in [-0.25, -0.2) is 12.9 Å². The number of hydrogen-bond donors (Lipinski definition) is 0. The highest BCUT2D eigenvalue weighted by Gasteiger charge is 2.16. The second kappa shape index (κ2) is 2.93. The van der Waals surface area contributed by atoms with Gasteiger partial charge in [0.25, 0.3) is 14.2 Å². The van der Waals surface area contributed by atoms with E-state index in [4.69, 9.17) is 10.7 Å². The predicted molar refractivity (Wildman–Crippen MR) is 50.8 cm³/mol. The first-order valence-electron chi connectivity index (χ1n) is 3.74. The van der Waals surface area contributed by atoms with Crippen molar-refractivity contribution in [3.63, 3.8) is 0 Å². The van der Waals surface area contributed by atoms with Crippen LogP contribution in [0.15, 0.2) is 23.5 Å². The highest BCUT2D eigenvalue weighted by atomic mass is 35.7. The molecule has 0 aliphatic rings. The number of hydrogen-bond acceptors (Lipinski definition) is 4. The summed E-state index contributed by atoms with van der Waals surface area (Å²) in [5, 5.41) is 3.34. The molecular formula is C7H6ClN3O2S. The van der Waals surface area contributed by atoms with Crippen LogP contribution in [0.3, 0.4) is 0 Å². The van der Waals surface area contributed by atoms with E-state index in [1.165, 1.54) is 4.52 Å². The van der Waals surface area contributed by atoms with Gasteiger partial charge in [-0.1, -0.05) is 0 Å². The summed E-state index contributed by atoms with van der Waals surface area (Å²) in [7, 11) is 1.26. The van der Waals surface area contributed by atoms with E-state index in [-0.39, 0.29) is 5.16 Å². The molecule has 74 valence electrons. The molecule has 2 aromatic rings. The first-order valence-corrected chi connectivity index (χ1v) is 6.05. The van der Waals surface area contributed by atoms with Crippen LogP contribution in [-0.2, 0) is 9.05 Å². The molecule has 0 fully saturated rings. The number of rotatable bonds is 1. The van der Waals surface area contributed by atoms with Crippen molar-refractivity contribution in [2.45, 2.75) is 12.1 Å². The summed E-state index contributed by atoms with van der Waals surface area (Å²) < 4.78 is 23.2. The molecule has 2 heterocycles. The first-order chi connectivity index (χ1) is 6.47. The first kappa shape index (κ1) is 9.42. The van der Waals surface area contributed by atoms with Crippen molar-refractivity contribution >= 4 is 25.4 Å². The van der Waals surface area contributed by atoms with Crippen LogP contribution in [0.25, 0.3) is 5.65 Å². The monoisotopic (exact) mass is 231 g/mol. The van der Waals surface area contributed by atoms with Crippen LogP contribution in [0.2, 0.25) is 0 Å². The number of aryl methyl sites for hydroxylation is 1. The van der Waals surface area contributed by atoms with Crippen molar-refractivity contribution in [2.75, 3.05) is 0 Å². The lowest BCUT2D eigenvalue weighted by molar-refractivity contribution is 0.601. The summed E-state index contributed by atoms with van der Waals surface area (Å²) in [4.78, 5) is 3.78. The van der Waals surface area contributed by atoms with Crippen molar-refractivity contribution < 1.29 is 8.42 Å². The lowest BCUT2D eigenvalue weighted by Gasteiger charge is -1.90. The van der Waals surface area contributed by atoms with Crippen LogP contribution in [0.5, 0.6) is 0 Å². The van der Waals surface area contributed by atoms with E-state index in [2.05, 4.69) is 10.1 Å². The molecule has 5 nitrogen and oxygen atoms in total. The molecule has 0 aliphatic carbocycles. The second-order valence-corrected chi connectivity index (χ2v) is 5.30. The second-order valence-electron chi connectivity index (χ2n) is 2.84. The maximum absolute atomic E-state index is 10.9. The maximum Gasteiger partial charge on any atom is 0.298 e. The fourth-order valence-electron chi connectivity index (χ4n) is 1.07. The van der Waals surface area contributed by atoms with Gasteiger partial charge in [-0.2, -0.15) is 4.98 Å². The number of fused-ring (bicyclic) bond motifs is 1. The summed E-state index contributed by atoms with van der Waals surface area (Å²) in [6.07, 6.45) is 1.63. The normalized spacial score (nSPS) is 12.1. The summed E-state index contributed by atoms with van der Waals surface area (Å²) in [5.41, 5.74) is 1.44. The fraction of sp³-hybridized carbons (Fsp3) is 0.143. The number of halogens is 1. The molecule has 0 aromatic carbocycles. The molecule has 2 aromatic heterocycles. The molecule has 0 saturated carbocycles. The Labute approximate surface area is 84.8 Å². The third-order valence-electron chi connectivity index (χ3n) is 1.69. The average molecular weight is 232 g/mol. The molecule has 0 saturated heterocycles. The zero-order chi connectivity index (χ0) is 10.3. The molecule has 0 bridgehead atoms. The van der Waals surface area contributed by atoms with Crippen LogP contribution in [0.1, 0.15) is 5.56 Å². The third kappa shape index (κ3) is 1.58. The van der Waals surface area contributed by atoms with Gasteiger partial charge < -0.3 is 0 Å². The number of nitrogens with zero attached hydrogens (tertiary/aromatic N) is 3.